The molecule has 0 heterocycles. The smallest absolute Gasteiger partial charge is 0.0101 e. The van der Waals surface area contributed by atoms with E-state index in [1.54, 1.807) is 0 Å². The summed E-state index contributed by atoms with van der Waals surface area (Å²) in [4.78, 5) is 6.16. The quantitative estimate of drug-likeness (QED) is 0.339. The summed E-state index contributed by atoms with van der Waals surface area (Å²) < 4.78 is 0. The van der Waals surface area contributed by atoms with Crippen LogP contribution in [0, 0.1) is 0 Å². The average Bonchev–Trinajstić information content (AvgIpc) is 3.01. The Balaban J connectivity index is 0.000000155. The lowest BCUT2D eigenvalue weighted by molar-refractivity contribution is 0.0220. The fourth-order valence-electron chi connectivity index (χ4n) is 10.1. The third-order valence-electron chi connectivity index (χ3n) is 12.0. The Kier molecular flexibility index (Phi) is 12.7. The van der Waals surface area contributed by atoms with Crippen molar-refractivity contribution in [1.82, 2.24) is 9.80 Å². The van der Waals surface area contributed by atoms with E-state index in [9.17, 15) is 0 Å². The Hall–Kier alpha value is -0.0800. The molecule has 38 heavy (non-hydrogen) atoms. The van der Waals surface area contributed by atoms with Crippen LogP contribution in [-0.2, 0) is 0 Å². The van der Waals surface area contributed by atoms with Crippen LogP contribution in [0.25, 0.3) is 0 Å². The summed E-state index contributed by atoms with van der Waals surface area (Å²) in [5.74, 6) is 0. The molecule has 0 aromatic carbocycles. The first-order valence-corrected chi connectivity index (χ1v) is 18.4. The van der Waals surface area contributed by atoms with E-state index < -0.39 is 0 Å². The Morgan fingerprint density at radius 1 is 0.184 bits per heavy atom. The van der Waals surface area contributed by atoms with Crippen molar-refractivity contribution in [2.24, 2.45) is 0 Å². The van der Waals surface area contributed by atoms with E-state index in [0.717, 1.165) is 36.3 Å². The normalized spacial score (nSPS) is 28.9. The predicted octanol–water partition coefficient (Wildman–Crippen LogP) is 10.6. The van der Waals surface area contributed by atoms with Gasteiger partial charge in [-0.2, -0.15) is 0 Å². The Morgan fingerprint density at radius 2 is 0.316 bits per heavy atom. The van der Waals surface area contributed by atoms with Crippen LogP contribution in [0.4, 0.5) is 0 Å². The van der Waals surface area contributed by atoms with Crippen molar-refractivity contribution in [2.45, 2.75) is 229 Å². The van der Waals surface area contributed by atoms with Crippen LogP contribution in [-0.4, -0.2) is 46.1 Å². The molecule has 0 atom stereocenters. The van der Waals surface area contributed by atoms with Crippen LogP contribution in [0.1, 0.15) is 193 Å². The molecule has 0 aliphatic heterocycles. The molecule has 0 radical (unpaired) electrons. The molecule has 2 nitrogen and oxygen atoms in total. The SMILES string of the molecule is C1CCC(N(C2CCCCC2)C2CCCCC2)CC1.C1CCC(N(C2CCCCC2)C2CCCCC2)CC1. The lowest BCUT2D eigenvalue weighted by Crippen LogP contribution is -2.51. The summed E-state index contributed by atoms with van der Waals surface area (Å²) in [7, 11) is 0. The lowest BCUT2D eigenvalue weighted by Gasteiger charge is -2.47. The molecule has 0 saturated heterocycles. The van der Waals surface area contributed by atoms with Gasteiger partial charge in [0.2, 0.25) is 0 Å². The Bertz CT molecular complexity index is 457. The molecule has 6 aliphatic carbocycles. The second-order valence-corrected chi connectivity index (χ2v) is 14.6. The van der Waals surface area contributed by atoms with Gasteiger partial charge in [-0.1, -0.05) is 116 Å². The maximum Gasteiger partial charge on any atom is 0.0101 e. The van der Waals surface area contributed by atoms with Crippen molar-refractivity contribution < 1.29 is 0 Å². The monoisotopic (exact) mass is 527 g/mol. The number of hydrogen-bond acceptors (Lipinski definition) is 2. The summed E-state index contributed by atoms with van der Waals surface area (Å²) in [5, 5.41) is 0. The average molecular weight is 527 g/mol. The summed E-state index contributed by atoms with van der Waals surface area (Å²) in [6.45, 7) is 0. The first-order valence-electron chi connectivity index (χ1n) is 18.4. The maximum atomic E-state index is 3.08. The van der Waals surface area contributed by atoms with Crippen molar-refractivity contribution in [3.63, 3.8) is 0 Å². The minimum Gasteiger partial charge on any atom is -0.294 e. The van der Waals surface area contributed by atoms with Crippen molar-refractivity contribution in [2.75, 3.05) is 0 Å². The molecular weight excluding hydrogens is 460 g/mol. The molecule has 6 fully saturated rings. The van der Waals surface area contributed by atoms with Crippen molar-refractivity contribution in [1.29, 1.82) is 0 Å². The fourth-order valence-corrected chi connectivity index (χ4v) is 10.1. The number of nitrogens with zero attached hydrogens (tertiary/aromatic N) is 2. The molecule has 0 aromatic heterocycles. The molecule has 0 unspecified atom stereocenters. The van der Waals surface area contributed by atoms with Gasteiger partial charge in [-0.05, 0) is 77.0 Å². The highest BCUT2D eigenvalue weighted by Crippen LogP contribution is 2.37. The van der Waals surface area contributed by atoms with Gasteiger partial charge in [0.15, 0.2) is 0 Å². The van der Waals surface area contributed by atoms with Crippen molar-refractivity contribution in [3.05, 3.63) is 0 Å². The molecule has 6 saturated carbocycles. The second kappa shape index (κ2) is 16.4. The van der Waals surface area contributed by atoms with E-state index in [4.69, 9.17) is 0 Å². The van der Waals surface area contributed by atoms with Gasteiger partial charge in [-0.15, -0.1) is 0 Å². The van der Waals surface area contributed by atoms with Crippen LogP contribution >= 0.6 is 0 Å². The highest BCUT2D eigenvalue weighted by Gasteiger charge is 2.35. The van der Waals surface area contributed by atoms with Crippen molar-refractivity contribution >= 4 is 0 Å². The zero-order valence-corrected chi connectivity index (χ0v) is 25.6. The first-order chi connectivity index (χ1) is 18.9. The molecule has 2 heteroatoms. The molecule has 0 aromatic rings. The summed E-state index contributed by atoms with van der Waals surface area (Å²) in [6.07, 6.45) is 45.1. The van der Waals surface area contributed by atoms with E-state index in [0.29, 0.717) is 0 Å². The molecule has 0 amide bonds. The molecule has 6 aliphatic rings. The molecule has 0 bridgehead atoms. The van der Waals surface area contributed by atoms with Crippen LogP contribution in [0.2, 0.25) is 0 Å². The summed E-state index contributed by atoms with van der Waals surface area (Å²) in [5.41, 5.74) is 0. The van der Waals surface area contributed by atoms with Gasteiger partial charge in [0.05, 0.1) is 0 Å². The Labute approximate surface area is 238 Å². The molecule has 6 rings (SSSR count). The van der Waals surface area contributed by atoms with E-state index in [1.807, 2.05) is 0 Å². The van der Waals surface area contributed by atoms with Crippen LogP contribution in [0.3, 0.4) is 0 Å². The zero-order chi connectivity index (χ0) is 25.8. The molecular formula is C36H66N2. The summed E-state index contributed by atoms with van der Waals surface area (Å²) >= 11 is 0. The largest absolute Gasteiger partial charge is 0.294 e. The highest BCUT2D eigenvalue weighted by atomic mass is 15.2. The van der Waals surface area contributed by atoms with Crippen molar-refractivity contribution in [3.8, 4) is 0 Å². The van der Waals surface area contributed by atoms with Gasteiger partial charge >= 0.3 is 0 Å². The zero-order valence-electron chi connectivity index (χ0n) is 25.6. The Morgan fingerprint density at radius 3 is 0.447 bits per heavy atom. The third kappa shape index (κ3) is 8.47. The van der Waals surface area contributed by atoms with Gasteiger partial charge in [-0.25, -0.2) is 0 Å². The topological polar surface area (TPSA) is 6.48 Å². The third-order valence-corrected chi connectivity index (χ3v) is 12.0. The van der Waals surface area contributed by atoms with E-state index in [-0.39, 0.29) is 0 Å². The van der Waals surface area contributed by atoms with E-state index in [1.165, 1.54) is 193 Å². The van der Waals surface area contributed by atoms with Gasteiger partial charge in [0, 0.05) is 36.3 Å². The number of rotatable bonds is 6. The van der Waals surface area contributed by atoms with Crippen LogP contribution in [0.5, 0.6) is 0 Å². The maximum absolute atomic E-state index is 3.08. The van der Waals surface area contributed by atoms with E-state index >= 15 is 0 Å². The van der Waals surface area contributed by atoms with Gasteiger partial charge in [0.1, 0.15) is 0 Å². The van der Waals surface area contributed by atoms with Gasteiger partial charge < -0.3 is 0 Å². The first kappa shape index (κ1) is 29.4. The molecule has 220 valence electrons. The predicted molar refractivity (Wildman–Crippen MR) is 165 cm³/mol. The summed E-state index contributed by atoms with van der Waals surface area (Å²) in [6, 6.07) is 5.75. The van der Waals surface area contributed by atoms with E-state index in [2.05, 4.69) is 9.80 Å². The second-order valence-electron chi connectivity index (χ2n) is 14.6. The van der Waals surface area contributed by atoms with Crippen LogP contribution in [0.15, 0.2) is 0 Å². The van der Waals surface area contributed by atoms with Crippen LogP contribution < -0.4 is 0 Å². The van der Waals surface area contributed by atoms with Gasteiger partial charge in [-0.3, -0.25) is 9.80 Å². The standard InChI is InChI=1S/2C18H33N/c2*1-4-10-16(11-5-1)19(17-12-6-2-7-13-17)18-14-8-3-9-15-18/h2*16-18H,1-15H2. The molecule has 0 spiro atoms. The lowest BCUT2D eigenvalue weighted by atomic mass is 9.84. The minimum absolute atomic E-state index is 0.958. The number of hydrogen-bond donors (Lipinski definition) is 0. The molecule has 0 N–H and O–H groups in total. The fraction of sp³-hybridized carbons (Fsp3) is 1.00. The minimum atomic E-state index is 0.958. The highest BCUT2D eigenvalue weighted by molar-refractivity contribution is 4.91. The van der Waals surface area contributed by atoms with Gasteiger partial charge in [0.25, 0.3) is 0 Å².